The van der Waals surface area contributed by atoms with Gasteiger partial charge in [0.05, 0.1) is 36.2 Å². The maximum absolute atomic E-state index is 13.1. The number of aliphatic hydroxyl groups excluding tert-OH is 1. The number of nitrogens with zero attached hydrogens (tertiary/aromatic N) is 2. The molecule has 0 radical (unpaired) electrons. The molecule has 0 aromatic carbocycles. The Morgan fingerprint density at radius 3 is 1.86 bits per heavy atom. The molecule has 3 aliphatic heterocycles. The van der Waals surface area contributed by atoms with E-state index in [1.54, 1.807) is 26.2 Å². The van der Waals surface area contributed by atoms with Crippen LogP contribution in [0.25, 0.3) is 0 Å². The summed E-state index contributed by atoms with van der Waals surface area (Å²) in [6, 6.07) is 8.01. The number of carbonyl (C=O) groups is 4. The van der Waals surface area contributed by atoms with Crippen molar-refractivity contribution >= 4 is 63.5 Å². The number of halogens is 1. The van der Waals surface area contributed by atoms with Gasteiger partial charge in [-0.15, -0.1) is 39.7 Å². The average molecular weight is 694 g/mol. The Balaban J connectivity index is 0.000000323. The largest absolute Gasteiger partial charge is 0.547 e. The van der Waals surface area contributed by atoms with Crippen LogP contribution in [0, 0.1) is 0 Å². The number of rotatable bonds is 7. The summed E-state index contributed by atoms with van der Waals surface area (Å²) in [7, 11) is 7.94. The monoisotopic (exact) mass is 692 g/mol. The second-order valence-corrected chi connectivity index (χ2v) is 12.7. The number of hydrogen-bond donors (Lipinski definition) is 3. The zero-order valence-corrected chi connectivity index (χ0v) is 27.2. The molecule has 3 fully saturated rings. The number of epoxide rings is 1. The van der Waals surface area contributed by atoms with Gasteiger partial charge >= 0.3 is 11.9 Å². The van der Waals surface area contributed by atoms with E-state index in [0.29, 0.717) is 34.0 Å². The van der Waals surface area contributed by atoms with Crippen molar-refractivity contribution in [3.05, 3.63) is 44.8 Å². The number of likely N-dealkylation sites (N-methyl/N-ethyl adjacent to an activating group) is 1. The number of ether oxygens (including phenoxy) is 2. The highest BCUT2D eigenvalue weighted by atomic mass is 79.9. The highest BCUT2D eigenvalue weighted by molar-refractivity contribution is 8.93. The van der Waals surface area contributed by atoms with E-state index in [1.165, 1.54) is 34.5 Å². The van der Waals surface area contributed by atoms with Gasteiger partial charge in [0.15, 0.2) is 0 Å². The number of carbonyl (C=O) groups excluding carboxylic acids is 3. The van der Waals surface area contributed by atoms with Crippen molar-refractivity contribution in [1.82, 2.24) is 4.90 Å². The summed E-state index contributed by atoms with van der Waals surface area (Å²) in [5.41, 5.74) is -1.72. The highest BCUT2D eigenvalue weighted by Gasteiger charge is 2.71. The van der Waals surface area contributed by atoms with Gasteiger partial charge < -0.3 is 44.1 Å². The standard InChI is InChI=1S/C19H22NO4S2.C4H9NO.C4H6O5.BrH/c1-20(2)12-9-11(10-13(20)17-16(12)24-17)23-18(21)19(22,14-5-3-7-25-14)15-6-4-8-26-15;1-4(6)5(2)3;5-2(4(8)9)1-3(6)7;/h3-8,11-13,16-17,22H,9-10H2,1-2H3;1-3H3;2,5H,1H2,(H,6,7)(H,8,9);1H/q+1;;;/p-1/t11?,12-,13+,16-,17+;;;. The maximum Gasteiger partial charge on any atom is 0.349 e. The van der Waals surface area contributed by atoms with E-state index in [1.807, 2.05) is 22.9 Å². The molecule has 3 N–H and O–H groups in total. The molecule has 1 amide bonds. The van der Waals surface area contributed by atoms with E-state index >= 15 is 0 Å². The topological polar surface area (TPSA) is 177 Å². The Bertz CT molecular complexity index is 1170. The quantitative estimate of drug-likeness (QED) is 0.211. The Morgan fingerprint density at radius 2 is 1.55 bits per heavy atom. The van der Waals surface area contributed by atoms with E-state index in [2.05, 4.69) is 14.1 Å². The number of aliphatic hydroxyl groups is 2. The number of fused-ring (bicyclic) bond motifs is 5. The minimum Gasteiger partial charge on any atom is -0.547 e. The number of morpholine rings is 1. The van der Waals surface area contributed by atoms with Gasteiger partial charge in [-0.05, 0) is 22.9 Å². The van der Waals surface area contributed by atoms with Gasteiger partial charge in [0.25, 0.3) is 0 Å². The van der Waals surface area contributed by atoms with E-state index in [9.17, 15) is 29.4 Å². The SMILES string of the molecule is Br.CC(=O)N(C)C.C[N+]1(C)[C@@H]2CC(OC(=O)C(O)(c3cccs3)c3cccs3)C[C@H]1[C@@H]1O[C@@H]12.O=C(O)CC(O)C(=O)[O-]. The lowest BCUT2D eigenvalue weighted by molar-refractivity contribution is -0.938. The second-order valence-electron chi connectivity index (χ2n) is 10.8. The molecule has 6 atom stereocenters. The summed E-state index contributed by atoms with van der Waals surface area (Å²) in [6.07, 6.45) is -0.668. The number of carboxylic acid groups (broad SMARTS) is 2. The van der Waals surface area contributed by atoms with Gasteiger partial charge in [-0.3, -0.25) is 9.59 Å². The fourth-order valence-corrected chi connectivity index (χ4v) is 6.79. The van der Waals surface area contributed by atoms with Gasteiger partial charge in [-0.2, -0.15) is 0 Å². The fourth-order valence-electron chi connectivity index (χ4n) is 5.08. The number of aliphatic carboxylic acids is 2. The molecule has 2 bridgehead atoms. The van der Waals surface area contributed by atoms with Gasteiger partial charge in [0.1, 0.15) is 36.5 Å². The molecule has 0 saturated carbocycles. The molecule has 15 heteroatoms. The first-order valence-electron chi connectivity index (χ1n) is 12.9. The molecule has 5 heterocycles. The van der Waals surface area contributed by atoms with Crippen molar-refractivity contribution in [3.8, 4) is 0 Å². The summed E-state index contributed by atoms with van der Waals surface area (Å²) in [4.78, 5) is 45.2. The van der Waals surface area contributed by atoms with Crippen LogP contribution in [-0.4, -0.2) is 113 Å². The predicted octanol–water partition coefficient (Wildman–Crippen LogP) is 0.590. The van der Waals surface area contributed by atoms with Crippen molar-refractivity contribution in [3.63, 3.8) is 0 Å². The molecule has 2 aromatic heterocycles. The van der Waals surface area contributed by atoms with Crippen LogP contribution in [-0.2, 0) is 34.3 Å². The number of amides is 1. The maximum atomic E-state index is 13.1. The van der Waals surface area contributed by atoms with E-state index in [4.69, 9.17) is 19.7 Å². The summed E-state index contributed by atoms with van der Waals surface area (Å²) in [5, 5.41) is 40.8. The van der Waals surface area contributed by atoms with Gasteiger partial charge in [0, 0.05) is 33.9 Å². The Morgan fingerprint density at radius 1 is 1.10 bits per heavy atom. The van der Waals surface area contributed by atoms with E-state index in [-0.39, 0.29) is 29.0 Å². The van der Waals surface area contributed by atoms with Crippen LogP contribution in [0.2, 0.25) is 0 Å². The van der Waals surface area contributed by atoms with Crippen LogP contribution in [0.15, 0.2) is 35.0 Å². The summed E-state index contributed by atoms with van der Waals surface area (Å²) in [6.45, 7) is 1.53. The molecule has 2 aromatic rings. The number of esters is 1. The van der Waals surface area contributed by atoms with Crippen molar-refractivity contribution in [2.45, 2.75) is 68.3 Å². The van der Waals surface area contributed by atoms with Crippen LogP contribution in [0.3, 0.4) is 0 Å². The number of quaternary nitrogens is 1. The molecular formula is C27H37BrN2O10S2. The Hall–Kier alpha value is -2.40. The molecule has 0 spiro atoms. The first kappa shape index (κ1) is 35.8. The van der Waals surface area contributed by atoms with Crippen LogP contribution in [0.5, 0.6) is 0 Å². The van der Waals surface area contributed by atoms with Crippen molar-refractivity contribution in [2.24, 2.45) is 0 Å². The number of thiophene rings is 2. The van der Waals surface area contributed by atoms with E-state index < -0.39 is 36.0 Å². The van der Waals surface area contributed by atoms with Crippen LogP contribution in [0.1, 0.15) is 35.9 Å². The van der Waals surface area contributed by atoms with Gasteiger partial charge in [-0.1, -0.05) is 12.1 Å². The Kier molecular flexibility index (Phi) is 12.3. The lowest BCUT2D eigenvalue weighted by atomic mass is 9.95. The molecule has 234 valence electrons. The highest BCUT2D eigenvalue weighted by Crippen LogP contribution is 2.52. The molecular weight excluding hydrogens is 656 g/mol. The smallest absolute Gasteiger partial charge is 0.349 e. The van der Waals surface area contributed by atoms with Gasteiger partial charge in [-0.25, -0.2) is 4.79 Å². The molecule has 2 unspecified atom stereocenters. The second kappa shape index (κ2) is 14.4. The number of piperidine rings is 1. The predicted molar refractivity (Wildman–Crippen MR) is 157 cm³/mol. The minimum atomic E-state index is -1.90. The molecule has 3 aliphatic rings. The molecule has 0 aliphatic carbocycles. The lowest BCUT2D eigenvalue weighted by Crippen LogP contribution is -2.60. The molecule has 12 nitrogen and oxygen atoms in total. The average Bonchev–Trinajstić information content (AvgIpc) is 3.22. The molecule has 5 rings (SSSR count). The summed E-state index contributed by atoms with van der Waals surface area (Å²) >= 11 is 2.74. The third-order valence-corrected chi connectivity index (χ3v) is 9.59. The van der Waals surface area contributed by atoms with Crippen LogP contribution >= 0.6 is 39.7 Å². The molecule has 3 saturated heterocycles. The first-order valence-corrected chi connectivity index (χ1v) is 14.6. The lowest BCUT2D eigenvalue weighted by Gasteiger charge is -2.45. The summed E-state index contributed by atoms with van der Waals surface area (Å²) in [5.74, 6) is -3.60. The van der Waals surface area contributed by atoms with Crippen molar-refractivity contribution in [1.29, 1.82) is 0 Å². The third kappa shape index (κ3) is 7.95. The first-order chi connectivity index (χ1) is 19.1. The van der Waals surface area contributed by atoms with Gasteiger partial charge in [0.2, 0.25) is 11.5 Å². The number of carboxylic acids is 2. The van der Waals surface area contributed by atoms with Crippen LogP contribution < -0.4 is 5.11 Å². The van der Waals surface area contributed by atoms with Crippen LogP contribution in [0.4, 0.5) is 0 Å². The Labute approximate surface area is 262 Å². The zero-order chi connectivity index (χ0) is 30.7. The normalized spacial score (nSPS) is 25.1. The number of hydrogen-bond acceptors (Lipinski definition) is 11. The molecule has 42 heavy (non-hydrogen) atoms. The zero-order valence-electron chi connectivity index (χ0n) is 23.9. The third-order valence-electron chi connectivity index (χ3n) is 7.63. The summed E-state index contributed by atoms with van der Waals surface area (Å²) < 4.78 is 12.6. The van der Waals surface area contributed by atoms with E-state index in [0.717, 1.165) is 17.3 Å². The fraction of sp³-hybridized carbons (Fsp3) is 0.556. The van der Waals surface area contributed by atoms with Crippen molar-refractivity contribution in [2.75, 3.05) is 28.2 Å². The van der Waals surface area contributed by atoms with Crippen molar-refractivity contribution < 1.29 is 53.6 Å². The minimum absolute atomic E-state index is 0.